The highest BCUT2D eigenvalue weighted by Gasteiger charge is 2.65. The maximum absolute atomic E-state index is 14.6. The number of fused-ring (bicyclic) bond motifs is 2. The lowest BCUT2D eigenvalue weighted by molar-refractivity contribution is -0.253. The molecule has 6 atom stereocenters. The van der Waals surface area contributed by atoms with Gasteiger partial charge < -0.3 is 43.6 Å². The topological polar surface area (TPSA) is 129 Å². The van der Waals surface area contributed by atoms with E-state index in [9.17, 15) is 19.4 Å². The fraction of sp³-hybridized carbons (Fsp3) is 0.478. The first-order chi connectivity index (χ1) is 28.3. The van der Waals surface area contributed by atoms with Crippen molar-refractivity contribution in [3.63, 3.8) is 0 Å². The van der Waals surface area contributed by atoms with Crippen LogP contribution in [0, 0.1) is 23.6 Å². The molecule has 0 bridgehead atoms. The van der Waals surface area contributed by atoms with Crippen molar-refractivity contribution in [1.29, 1.82) is 0 Å². The lowest BCUT2D eigenvalue weighted by Crippen LogP contribution is -2.69. The highest BCUT2D eigenvalue weighted by Crippen LogP contribution is 2.61. The Morgan fingerprint density at radius 2 is 1.76 bits per heavy atom. The zero-order valence-electron chi connectivity index (χ0n) is 33.6. The van der Waals surface area contributed by atoms with Crippen LogP contribution in [0.5, 0.6) is 11.5 Å². The molecule has 6 rings (SSSR count). The number of unbranched alkanes of at least 4 members (excludes halogenated alkanes) is 2. The molecule has 0 spiro atoms. The van der Waals surface area contributed by atoms with Gasteiger partial charge in [0.1, 0.15) is 43.7 Å². The van der Waals surface area contributed by atoms with Crippen LogP contribution in [0.4, 0.5) is 9.18 Å². The molecule has 1 fully saturated rings. The molecule has 3 aromatic rings. The van der Waals surface area contributed by atoms with E-state index < -0.39 is 23.8 Å². The van der Waals surface area contributed by atoms with E-state index in [1.807, 2.05) is 48.5 Å². The van der Waals surface area contributed by atoms with Gasteiger partial charge in [0.25, 0.3) is 0 Å². The molecule has 2 aliphatic carbocycles. The van der Waals surface area contributed by atoms with Gasteiger partial charge in [0.05, 0.1) is 31.5 Å². The van der Waals surface area contributed by atoms with Crippen LogP contribution in [0.25, 0.3) is 0 Å². The lowest BCUT2D eigenvalue weighted by atomic mass is 9.55. The number of rotatable bonds is 21. The largest absolute Gasteiger partial charge is 0.489 e. The second-order valence-corrected chi connectivity index (χ2v) is 15.1. The second kappa shape index (κ2) is 20.8. The predicted molar refractivity (Wildman–Crippen MR) is 218 cm³/mol. The Labute approximate surface area is 341 Å². The molecular weight excluding hydrogens is 744 g/mol. The number of benzene rings is 3. The maximum Gasteiger partial charge on any atom is 0.410 e. The molecule has 3 aromatic carbocycles. The first-order valence-electron chi connectivity index (χ1n) is 20.3. The molecule has 1 aliphatic heterocycles. The highest BCUT2D eigenvalue weighted by molar-refractivity contribution is 6.02. The van der Waals surface area contributed by atoms with Crippen LogP contribution in [0.15, 0.2) is 102 Å². The van der Waals surface area contributed by atoms with E-state index in [4.69, 9.17) is 28.5 Å². The summed E-state index contributed by atoms with van der Waals surface area (Å²) < 4.78 is 46.5. The summed E-state index contributed by atoms with van der Waals surface area (Å²) >= 11 is 0. The molecule has 1 heterocycles. The SMILES string of the molecule is C=CCOC12Oc3ccc(OCc4ccccc4F)cc3C3C(CCCCO)C(CCCCO)C=C(C(=NOC)CC1N(C)C(=O)OCCOCc1ccccc1)C32. The monoisotopic (exact) mass is 800 g/mol. The van der Waals surface area contributed by atoms with Gasteiger partial charge in [-0.15, -0.1) is 6.58 Å². The van der Waals surface area contributed by atoms with E-state index in [0.29, 0.717) is 42.2 Å². The Kier molecular flexibility index (Phi) is 15.4. The van der Waals surface area contributed by atoms with Crippen molar-refractivity contribution in [1.82, 2.24) is 4.90 Å². The van der Waals surface area contributed by atoms with Crippen LogP contribution < -0.4 is 9.47 Å². The van der Waals surface area contributed by atoms with Gasteiger partial charge in [-0.1, -0.05) is 78.7 Å². The summed E-state index contributed by atoms with van der Waals surface area (Å²) in [5.74, 6) is -1.22. The zero-order chi connectivity index (χ0) is 40.9. The quantitative estimate of drug-likeness (QED) is 0.0627. The predicted octanol–water partition coefficient (Wildman–Crippen LogP) is 7.95. The smallest absolute Gasteiger partial charge is 0.410 e. The Morgan fingerprint density at radius 3 is 2.50 bits per heavy atom. The fourth-order valence-electron chi connectivity index (χ4n) is 8.89. The average molecular weight is 801 g/mol. The number of hydrogen-bond acceptors (Lipinski definition) is 10. The first kappa shape index (κ1) is 42.8. The molecule has 0 aromatic heterocycles. The number of amides is 1. The van der Waals surface area contributed by atoms with E-state index in [-0.39, 0.29) is 69.6 Å². The van der Waals surface area contributed by atoms with E-state index in [1.54, 1.807) is 31.3 Å². The summed E-state index contributed by atoms with van der Waals surface area (Å²) in [4.78, 5) is 21.0. The van der Waals surface area contributed by atoms with Crippen molar-refractivity contribution in [3.05, 3.63) is 120 Å². The average Bonchev–Trinajstić information content (AvgIpc) is 3.24. The third-order valence-corrected chi connectivity index (χ3v) is 11.5. The summed E-state index contributed by atoms with van der Waals surface area (Å²) in [5.41, 5.74) is 3.95. The van der Waals surface area contributed by atoms with Crippen molar-refractivity contribution in [2.45, 2.75) is 75.9 Å². The fourth-order valence-corrected chi connectivity index (χ4v) is 8.89. The van der Waals surface area contributed by atoms with Crippen LogP contribution in [0.1, 0.15) is 67.6 Å². The number of aliphatic hydroxyl groups excluding tert-OH is 2. The van der Waals surface area contributed by atoms with Crippen LogP contribution in [-0.4, -0.2) is 85.9 Å². The number of carbonyl (C=O) groups is 1. The van der Waals surface area contributed by atoms with Gasteiger partial charge in [0.15, 0.2) is 0 Å². The molecule has 0 saturated heterocycles. The molecule has 3 aliphatic rings. The lowest BCUT2D eigenvalue weighted by Gasteiger charge is -2.59. The number of oxime groups is 1. The van der Waals surface area contributed by atoms with Gasteiger partial charge in [-0.25, -0.2) is 9.18 Å². The van der Waals surface area contributed by atoms with E-state index in [0.717, 1.165) is 42.4 Å². The number of allylic oxidation sites excluding steroid dienone is 1. The molecule has 0 radical (unpaired) electrons. The number of halogens is 1. The van der Waals surface area contributed by atoms with Gasteiger partial charge in [-0.05, 0) is 72.9 Å². The Bertz CT molecular complexity index is 1870. The number of likely N-dealkylation sites (N-methyl/N-ethyl adjacent to an activating group) is 1. The number of hydrogen-bond donors (Lipinski definition) is 2. The van der Waals surface area contributed by atoms with Crippen molar-refractivity contribution < 1.29 is 47.9 Å². The third kappa shape index (κ3) is 9.74. The molecule has 1 saturated carbocycles. The minimum Gasteiger partial charge on any atom is -0.489 e. The standard InChI is InChI=1S/C46H57FN2O9/c1-4-24-57-46-42(49(2)45(52)55-26-25-54-30-32-14-6-5-7-15-32)29-40(48-53-3)37-27-33(16-10-12-22-50)36(18-11-13-23-51)43(44(37)46)38-28-35(20-21-41(38)58-46)56-31-34-17-8-9-19-39(34)47/h4-9,14-15,17,19-21,27-28,33,36,42-44,50-51H,1,10-13,16,18,22-26,29-31H2,2-3H3. The molecule has 6 unspecified atom stereocenters. The summed E-state index contributed by atoms with van der Waals surface area (Å²) in [6, 6.07) is 21.3. The van der Waals surface area contributed by atoms with Gasteiger partial charge >= 0.3 is 6.09 Å². The molecule has 58 heavy (non-hydrogen) atoms. The molecule has 12 heteroatoms. The van der Waals surface area contributed by atoms with E-state index >= 15 is 0 Å². The molecular formula is C46H57FN2O9. The Hall–Kier alpha value is -4.75. The number of carbonyl (C=O) groups excluding carboxylic acids is 1. The molecule has 11 nitrogen and oxygen atoms in total. The Balaban J connectivity index is 1.40. The van der Waals surface area contributed by atoms with Gasteiger partial charge in [-0.3, -0.25) is 0 Å². The minimum absolute atomic E-state index is 0.0386. The number of ether oxygens (including phenoxy) is 5. The van der Waals surface area contributed by atoms with Crippen LogP contribution in [-0.2, 0) is 32.3 Å². The summed E-state index contributed by atoms with van der Waals surface area (Å²) in [6.07, 6.45) is 8.13. The van der Waals surface area contributed by atoms with Crippen LogP contribution in [0.2, 0.25) is 0 Å². The van der Waals surface area contributed by atoms with Gasteiger partial charge in [-0.2, -0.15) is 0 Å². The first-order valence-corrected chi connectivity index (χ1v) is 20.3. The van der Waals surface area contributed by atoms with E-state index in [1.165, 1.54) is 18.1 Å². The third-order valence-electron chi connectivity index (χ3n) is 11.5. The zero-order valence-corrected chi connectivity index (χ0v) is 33.6. The van der Waals surface area contributed by atoms with Crippen LogP contribution >= 0.6 is 0 Å². The van der Waals surface area contributed by atoms with Gasteiger partial charge in [0, 0.05) is 43.7 Å². The van der Waals surface area contributed by atoms with Crippen LogP contribution in [0.3, 0.4) is 0 Å². The number of nitrogens with zero attached hydrogens (tertiary/aromatic N) is 2. The minimum atomic E-state index is -1.41. The molecule has 312 valence electrons. The molecule has 1 amide bonds. The summed E-state index contributed by atoms with van der Waals surface area (Å²) in [7, 11) is 3.19. The summed E-state index contributed by atoms with van der Waals surface area (Å²) in [6.45, 7) is 4.96. The second-order valence-electron chi connectivity index (χ2n) is 15.1. The maximum atomic E-state index is 14.6. The van der Waals surface area contributed by atoms with Crippen molar-refractivity contribution in [2.75, 3.05) is 47.2 Å². The van der Waals surface area contributed by atoms with Gasteiger partial charge in [0.2, 0.25) is 5.79 Å². The number of aliphatic hydroxyl groups is 2. The van der Waals surface area contributed by atoms with Crippen molar-refractivity contribution >= 4 is 11.8 Å². The highest BCUT2D eigenvalue weighted by atomic mass is 19.1. The van der Waals surface area contributed by atoms with Crippen molar-refractivity contribution in [2.24, 2.45) is 22.9 Å². The Morgan fingerprint density at radius 1 is 1.00 bits per heavy atom. The molecule has 2 N–H and O–H groups in total. The van der Waals surface area contributed by atoms with E-state index in [2.05, 4.69) is 17.8 Å². The summed E-state index contributed by atoms with van der Waals surface area (Å²) in [5, 5.41) is 24.2. The van der Waals surface area contributed by atoms with Crippen molar-refractivity contribution in [3.8, 4) is 11.5 Å². The normalized spacial score (nSPS) is 23.8.